The largest absolute Gasteiger partial charge is 0.348 e. The normalized spacial score (nSPS) is 15.6. The minimum atomic E-state index is -0.00571. The van der Waals surface area contributed by atoms with Crippen molar-refractivity contribution in [1.82, 2.24) is 14.9 Å². The third-order valence-electron chi connectivity index (χ3n) is 5.08. The van der Waals surface area contributed by atoms with E-state index in [0.717, 1.165) is 49.1 Å². The third-order valence-corrected chi connectivity index (χ3v) is 5.08. The van der Waals surface area contributed by atoms with Crippen molar-refractivity contribution in [3.8, 4) is 0 Å². The van der Waals surface area contributed by atoms with E-state index in [1.807, 2.05) is 23.6 Å². The molecule has 0 saturated heterocycles. The molecule has 4 nitrogen and oxygen atoms in total. The number of nitrogens with zero attached hydrogens (tertiary/aromatic N) is 2. The lowest BCUT2D eigenvalue weighted by molar-refractivity contribution is 0.0924. The molecule has 1 aliphatic rings. The number of amides is 1. The number of imidazole rings is 1. The Morgan fingerprint density at radius 1 is 1.26 bits per heavy atom. The molecule has 0 bridgehead atoms. The van der Waals surface area contributed by atoms with Crippen molar-refractivity contribution in [2.45, 2.75) is 84.2 Å². The molecule has 1 saturated carbocycles. The predicted octanol–water partition coefficient (Wildman–Crippen LogP) is 5.37. The van der Waals surface area contributed by atoms with Crippen molar-refractivity contribution in [2.75, 3.05) is 0 Å². The first-order chi connectivity index (χ1) is 13.0. The molecular weight excluding hydrogens is 334 g/mol. The van der Waals surface area contributed by atoms with Gasteiger partial charge in [-0.15, -0.1) is 0 Å². The number of hydrogen-bond acceptors (Lipinski definition) is 2. The van der Waals surface area contributed by atoms with Crippen LogP contribution in [-0.2, 0) is 13.0 Å². The molecule has 0 unspecified atom stereocenters. The van der Waals surface area contributed by atoms with Gasteiger partial charge in [0.15, 0.2) is 0 Å². The molecule has 1 aliphatic carbocycles. The lowest BCUT2D eigenvalue weighted by atomic mass is 10.1. The van der Waals surface area contributed by atoms with Gasteiger partial charge in [-0.05, 0) is 31.8 Å². The van der Waals surface area contributed by atoms with E-state index < -0.39 is 0 Å². The number of rotatable bonds is 9. The summed E-state index contributed by atoms with van der Waals surface area (Å²) in [6, 6.07) is 0.286. The average Bonchev–Trinajstić information content (AvgIpc) is 2.84. The molecule has 1 amide bonds. The topological polar surface area (TPSA) is 46.9 Å². The minimum Gasteiger partial charge on any atom is -0.348 e. The van der Waals surface area contributed by atoms with E-state index in [-0.39, 0.29) is 11.9 Å². The molecule has 2 rings (SSSR count). The first kappa shape index (κ1) is 21.2. The highest BCUT2D eigenvalue weighted by Crippen LogP contribution is 2.18. The predicted molar refractivity (Wildman–Crippen MR) is 113 cm³/mol. The van der Waals surface area contributed by atoms with Crippen molar-refractivity contribution >= 4 is 5.91 Å². The van der Waals surface area contributed by atoms with E-state index in [0.29, 0.717) is 12.2 Å². The Morgan fingerprint density at radius 3 is 2.59 bits per heavy atom. The molecule has 1 aromatic rings. The summed E-state index contributed by atoms with van der Waals surface area (Å²) in [5.74, 6) is 0.960. The number of nitrogens with one attached hydrogen (secondary N) is 1. The fraction of sp³-hybridized carbons (Fsp3) is 0.565. The van der Waals surface area contributed by atoms with Crippen LogP contribution in [-0.4, -0.2) is 21.5 Å². The minimum absolute atomic E-state index is 0.00571. The monoisotopic (exact) mass is 369 g/mol. The van der Waals surface area contributed by atoms with Crippen molar-refractivity contribution in [1.29, 1.82) is 0 Å². The molecule has 0 spiro atoms. The summed E-state index contributed by atoms with van der Waals surface area (Å²) in [6.07, 6.45) is 15.8. The molecule has 27 heavy (non-hydrogen) atoms. The number of allylic oxidation sites excluding steroid dienone is 4. The van der Waals surface area contributed by atoms with Crippen molar-refractivity contribution in [2.24, 2.45) is 0 Å². The average molecular weight is 370 g/mol. The van der Waals surface area contributed by atoms with Crippen LogP contribution in [0.4, 0.5) is 0 Å². The van der Waals surface area contributed by atoms with Crippen LogP contribution >= 0.6 is 0 Å². The summed E-state index contributed by atoms with van der Waals surface area (Å²) in [6.45, 7) is 12.7. The summed E-state index contributed by atoms with van der Waals surface area (Å²) < 4.78 is 2.03. The first-order valence-electron chi connectivity index (χ1n) is 10.4. The van der Waals surface area contributed by atoms with Gasteiger partial charge < -0.3 is 9.88 Å². The van der Waals surface area contributed by atoms with Gasteiger partial charge >= 0.3 is 0 Å². The zero-order valence-corrected chi connectivity index (χ0v) is 17.1. The molecule has 1 fully saturated rings. The van der Waals surface area contributed by atoms with Crippen LogP contribution in [0, 0.1) is 0 Å². The molecule has 148 valence electrons. The zero-order chi connectivity index (χ0) is 19.6. The van der Waals surface area contributed by atoms with Crippen molar-refractivity contribution in [3.05, 3.63) is 54.2 Å². The lowest BCUT2D eigenvalue weighted by Gasteiger charge is -2.18. The van der Waals surface area contributed by atoms with E-state index >= 15 is 0 Å². The van der Waals surface area contributed by atoms with Crippen molar-refractivity contribution in [3.63, 3.8) is 0 Å². The highest BCUT2D eigenvalue weighted by molar-refractivity contribution is 5.92. The van der Waals surface area contributed by atoms with Gasteiger partial charge in [-0.2, -0.15) is 0 Å². The fourth-order valence-electron chi connectivity index (χ4n) is 3.51. The summed E-state index contributed by atoms with van der Waals surface area (Å²) >= 11 is 0. The second-order valence-electron chi connectivity index (χ2n) is 7.75. The molecule has 0 radical (unpaired) electrons. The maximum Gasteiger partial charge on any atom is 0.269 e. The molecule has 1 N–H and O–H groups in total. The molecule has 0 aliphatic heterocycles. The Bertz CT molecular complexity index is 676. The number of carbonyl (C=O) groups excluding carboxylic acids is 1. The fourth-order valence-corrected chi connectivity index (χ4v) is 3.51. The number of aryl methyl sites for hydroxylation is 1. The number of unbranched alkanes of at least 4 members (excludes halogenated alkanes) is 1. The summed E-state index contributed by atoms with van der Waals surface area (Å²) in [7, 11) is 0. The Morgan fingerprint density at radius 2 is 1.96 bits per heavy atom. The maximum absolute atomic E-state index is 12.9. The Balaban J connectivity index is 2.15. The lowest BCUT2D eigenvalue weighted by Crippen LogP contribution is -2.35. The molecule has 0 aromatic carbocycles. The van der Waals surface area contributed by atoms with E-state index in [9.17, 15) is 4.79 Å². The Labute approximate surface area is 164 Å². The molecular formula is C23H35N3O. The van der Waals surface area contributed by atoms with Crippen LogP contribution in [0.2, 0.25) is 0 Å². The first-order valence-corrected chi connectivity index (χ1v) is 10.4. The van der Waals surface area contributed by atoms with Crippen LogP contribution in [0.3, 0.4) is 0 Å². The number of carbonyl (C=O) groups is 1. The quantitative estimate of drug-likeness (QED) is 0.470. The van der Waals surface area contributed by atoms with Crippen LogP contribution in [0.15, 0.2) is 42.7 Å². The highest BCUT2D eigenvalue weighted by atomic mass is 16.2. The molecule has 1 heterocycles. The smallest absolute Gasteiger partial charge is 0.269 e. The SMILES string of the molecule is C=C(C)/C=C\C(=C)Cn1c(C(=O)NC2CCCCCC2)cnc1CCCC. The van der Waals surface area contributed by atoms with E-state index in [1.54, 1.807) is 6.20 Å². The second-order valence-corrected chi connectivity index (χ2v) is 7.75. The standard InChI is InChI=1S/C23H35N3O/c1-5-6-13-22-24-16-21(26(22)17-19(4)15-14-18(2)3)23(27)25-20-11-9-7-8-10-12-20/h14-16,20H,2,4-13,17H2,1,3H3,(H,25,27)/b15-14-. The van der Waals surface area contributed by atoms with Gasteiger partial charge in [0.2, 0.25) is 0 Å². The summed E-state index contributed by atoms with van der Waals surface area (Å²) in [5.41, 5.74) is 2.58. The van der Waals surface area contributed by atoms with Gasteiger partial charge in [-0.3, -0.25) is 4.79 Å². The Kier molecular flexibility index (Phi) is 8.56. The summed E-state index contributed by atoms with van der Waals surface area (Å²) in [4.78, 5) is 17.5. The van der Waals surface area contributed by atoms with Crippen molar-refractivity contribution < 1.29 is 4.79 Å². The van der Waals surface area contributed by atoms with Gasteiger partial charge in [0, 0.05) is 19.0 Å². The van der Waals surface area contributed by atoms with E-state index in [4.69, 9.17) is 0 Å². The number of hydrogen-bond donors (Lipinski definition) is 1. The zero-order valence-electron chi connectivity index (χ0n) is 17.1. The van der Waals surface area contributed by atoms with Gasteiger partial charge in [0.1, 0.15) is 11.5 Å². The molecule has 1 aromatic heterocycles. The second kappa shape index (κ2) is 10.9. The molecule has 0 atom stereocenters. The van der Waals surface area contributed by atoms with E-state index in [2.05, 4.69) is 30.4 Å². The molecule has 4 heteroatoms. The van der Waals surface area contributed by atoms with Gasteiger partial charge in [0.05, 0.1) is 6.20 Å². The van der Waals surface area contributed by atoms with Gasteiger partial charge in [-0.25, -0.2) is 4.98 Å². The number of aromatic nitrogens is 2. The third kappa shape index (κ3) is 6.85. The van der Waals surface area contributed by atoms with E-state index in [1.165, 1.54) is 25.7 Å². The van der Waals surface area contributed by atoms with Crippen LogP contribution in [0.25, 0.3) is 0 Å². The van der Waals surface area contributed by atoms with Crippen LogP contribution < -0.4 is 5.32 Å². The maximum atomic E-state index is 12.9. The van der Waals surface area contributed by atoms with Gasteiger partial charge in [0.25, 0.3) is 5.91 Å². The van der Waals surface area contributed by atoms with Crippen LogP contribution in [0.5, 0.6) is 0 Å². The van der Waals surface area contributed by atoms with Crippen LogP contribution in [0.1, 0.15) is 81.5 Å². The van der Waals surface area contributed by atoms with Gasteiger partial charge in [-0.1, -0.05) is 69.9 Å². The summed E-state index contributed by atoms with van der Waals surface area (Å²) in [5, 5.41) is 3.25. The highest BCUT2D eigenvalue weighted by Gasteiger charge is 2.20. The Hall–Kier alpha value is -2.10.